The third-order valence-electron chi connectivity index (χ3n) is 2.48. The van der Waals surface area contributed by atoms with E-state index in [0.717, 1.165) is 22.9 Å². The summed E-state index contributed by atoms with van der Waals surface area (Å²) in [6.45, 7) is 0.699. The van der Waals surface area contributed by atoms with Crippen LogP contribution < -0.4 is 5.56 Å². The van der Waals surface area contributed by atoms with E-state index in [0.29, 0.717) is 6.54 Å². The number of benzene rings is 1. The number of rotatable bonds is 4. The smallest absolute Gasteiger partial charge is 0.267 e. The molecular formula is C12H14N2OS. The van der Waals surface area contributed by atoms with Gasteiger partial charge in [-0.15, -0.1) is 0 Å². The van der Waals surface area contributed by atoms with Crippen LogP contribution in [0.5, 0.6) is 0 Å². The lowest BCUT2D eigenvalue weighted by molar-refractivity contribution is 0.577. The van der Waals surface area contributed by atoms with Gasteiger partial charge in [0.15, 0.2) is 0 Å². The van der Waals surface area contributed by atoms with Crippen molar-refractivity contribution in [1.82, 2.24) is 9.78 Å². The van der Waals surface area contributed by atoms with Crippen molar-refractivity contribution in [2.24, 2.45) is 0 Å². The van der Waals surface area contributed by atoms with Crippen LogP contribution in [-0.2, 0) is 6.54 Å². The lowest BCUT2D eigenvalue weighted by atomic mass is 10.2. The molecule has 0 unspecified atom stereocenters. The zero-order valence-corrected chi connectivity index (χ0v) is 10.0. The highest BCUT2D eigenvalue weighted by Crippen LogP contribution is 2.06. The van der Waals surface area contributed by atoms with Crippen LogP contribution in [0.1, 0.15) is 6.42 Å². The van der Waals surface area contributed by atoms with Gasteiger partial charge in [0.25, 0.3) is 5.56 Å². The Bertz CT molecular complexity index is 536. The summed E-state index contributed by atoms with van der Waals surface area (Å²) in [4.78, 5) is 12.0. The maximum atomic E-state index is 12.0. The van der Waals surface area contributed by atoms with Crippen LogP contribution in [0.2, 0.25) is 0 Å². The van der Waals surface area contributed by atoms with Crippen molar-refractivity contribution < 1.29 is 0 Å². The molecule has 0 radical (unpaired) electrons. The molecule has 0 fully saturated rings. The fraction of sp³-hybridized carbons (Fsp3) is 0.333. The Hall–Kier alpha value is -1.29. The Morgan fingerprint density at radius 2 is 2.19 bits per heavy atom. The Balaban J connectivity index is 2.33. The molecule has 0 aliphatic rings. The second kappa shape index (κ2) is 5.16. The van der Waals surface area contributed by atoms with Gasteiger partial charge in [0, 0.05) is 11.9 Å². The molecule has 0 bridgehead atoms. The molecule has 2 rings (SSSR count). The van der Waals surface area contributed by atoms with Crippen LogP contribution in [0, 0.1) is 0 Å². The second-order valence-corrected chi connectivity index (χ2v) is 4.59. The molecule has 0 aliphatic heterocycles. The van der Waals surface area contributed by atoms with E-state index in [4.69, 9.17) is 0 Å². The minimum atomic E-state index is 0.0132. The van der Waals surface area contributed by atoms with E-state index in [-0.39, 0.29) is 5.56 Å². The molecule has 84 valence electrons. The highest BCUT2D eigenvalue weighted by Gasteiger charge is 2.02. The molecule has 0 amide bonds. The molecule has 4 heteroatoms. The van der Waals surface area contributed by atoms with Crippen molar-refractivity contribution in [1.29, 1.82) is 0 Å². The van der Waals surface area contributed by atoms with Gasteiger partial charge < -0.3 is 0 Å². The van der Waals surface area contributed by atoms with Gasteiger partial charge in [-0.25, -0.2) is 4.68 Å². The van der Waals surface area contributed by atoms with Crippen molar-refractivity contribution in [2.45, 2.75) is 13.0 Å². The van der Waals surface area contributed by atoms with E-state index in [1.807, 2.05) is 24.3 Å². The Morgan fingerprint density at radius 3 is 3.00 bits per heavy atom. The van der Waals surface area contributed by atoms with Gasteiger partial charge >= 0.3 is 0 Å². The van der Waals surface area contributed by atoms with Gasteiger partial charge in [-0.1, -0.05) is 18.2 Å². The highest BCUT2D eigenvalue weighted by atomic mass is 32.2. The second-order valence-electron chi connectivity index (χ2n) is 3.61. The first-order valence-electron chi connectivity index (χ1n) is 5.27. The largest absolute Gasteiger partial charge is 0.274 e. The van der Waals surface area contributed by atoms with E-state index < -0.39 is 0 Å². The molecule has 1 heterocycles. The van der Waals surface area contributed by atoms with E-state index in [1.54, 1.807) is 22.6 Å². The standard InChI is InChI=1S/C12H14N2OS/c1-16-8-4-7-14-12(15)11-6-3-2-5-10(11)9-13-14/h2-3,5-6,9H,4,7-8H2,1H3. The van der Waals surface area contributed by atoms with Gasteiger partial charge in [0.1, 0.15) is 0 Å². The topological polar surface area (TPSA) is 34.9 Å². The van der Waals surface area contributed by atoms with Crippen LogP contribution in [0.3, 0.4) is 0 Å². The van der Waals surface area contributed by atoms with Crippen molar-refractivity contribution in [3.05, 3.63) is 40.8 Å². The van der Waals surface area contributed by atoms with Crippen molar-refractivity contribution in [2.75, 3.05) is 12.0 Å². The molecule has 16 heavy (non-hydrogen) atoms. The summed E-state index contributed by atoms with van der Waals surface area (Å²) >= 11 is 1.79. The van der Waals surface area contributed by atoms with Crippen LogP contribution in [-0.4, -0.2) is 21.8 Å². The van der Waals surface area contributed by atoms with Gasteiger partial charge in [-0.05, 0) is 24.5 Å². The quantitative estimate of drug-likeness (QED) is 0.760. The molecule has 0 saturated carbocycles. The maximum Gasteiger partial charge on any atom is 0.274 e. The van der Waals surface area contributed by atoms with Gasteiger partial charge in [-0.3, -0.25) is 4.79 Å². The fourth-order valence-electron chi connectivity index (χ4n) is 1.65. The summed E-state index contributed by atoms with van der Waals surface area (Å²) in [5, 5.41) is 5.84. The number of fused-ring (bicyclic) bond motifs is 1. The van der Waals surface area contributed by atoms with Gasteiger partial charge in [0.05, 0.1) is 11.6 Å². The summed E-state index contributed by atoms with van der Waals surface area (Å²) in [6.07, 6.45) is 4.80. The lowest BCUT2D eigenvalue weighted by Gasteiger charge is -2.04. The molecule has 2 aromatic rings. The van der Waals surface area contributed by atoms with Crippen LogP contribution in [0.15, 0.2) is 35.3 Å². The molecule has 1 aromatic heterocycles. The molecule has 1 aromatic carbocycles. The number of aryl methyl sites for hydroxylation is 1. The summed E-state index contributed by atoms with van der Waals surface area (Å²) in [7, 11) is 0. The average Bonchev–Trinajstić information content (AvgIpc) is 2.33. The normalized spacial score (nSPS) is 10.8. The van der Waals surface area contributed by atoms with Crippen LogP contribution >= 0.6 is 11.8 Å². The predicted molar refractivity (Wildman–Crippen MR) is 69.0 cm³/mol. The lowest BCUT2D eigenvalue weighted by Crippen LogP contribution is -2.22. The Morgan fingerprint density at radius 1 is 1.38 bits per heavy atom. The third-order valence-corrected chi connectivity index (χ3v) is 3.18. The van der Waals surface area contributed by atoms with E-state index in [1.165, 1.54) is 0 Å². The molecule has 0 saturated heterocycles. The fourth-order valence-corrected chi connectivity index (χ4v) is 2.06. The summed E-state index contributed by atoms with van der Waals surface area (Å²) in [6, 6.07) is 7.57. The molecular weight excluding hydrogens is 220 g/mol. The van der Waals surface area contributed by atoms with Crippen molar-refractivity contribution in [3.8, 4) is 0 Å². The first-order valence-corrected chi connectivity index (χ1v) is 6.66. The first kappa shape index (κ1) is 11.2. The zero-order chi connectivity index (χ0) is 11.4. The number of aromatic nitrogens is 2. The third kappa shape index (κ3) is 2.27. The molecule has 0 spiro atoms. The Labute approximate surface area is 98.5 Å². The van der Waals surface area contributed by atoms with Crippen LogP contribution in [0.25, 0.3) is 10.8 Å². The van der Waals surface area contributed by atoms with E-state index in [2.05, 4.69) is 11.4 Å². The summed E-state index contributed by atoms with van der Waals surface area (Å²) < 4.78 is 1.55. The average molecular weight is 234 g/mol. The number of hydrogen-bond acceptors (Lipinski definition) is 3. The maximum absolute atomic E-state index is 12.0. The number of hydrogen-bond donors (Lipinski definition) is 0. The summed E-state index contributed by atoms with van der Waals surface area (Å²) in [5.41, 5.74) is 0.0132. The van der Waals surface area contributed by atoms with Crippen molar-refractivity contribution in [3.63, 3.8) is 0 Å². The minimum absolute atomic E-state index is 0.0132. The van der Waals surface area contributed by atoms with Crippen molar-refractivity contribution >= 4 is 22.5 Å². The molecule has 0 N–H and O–H groups in total. The number of thioether (sulfide) groups is 1. The zero-order valence-electron chi connectivity index (χ0n) is 9.22. The van der Waals surface area contributed by atoms with Gasteiger partial charge in [0.2, 0.25) is 0 Å². The van der Waals surface area contributed by atoms with E-state index >= 15 is 0 Å². The Kier molecular flexibility index (Phi) is 3.62. The molecule has 0 aliphatic carbocycles. The predicted octanol–water partition coefficient (Wildman–Crippen LogP) is 2.15. The van der Waals surface area contributed by atoms with Gasteiger partial charge in [-0.2, -0.15) is 16.9 Å². The minimum Gasteiger partial charge on any atom is -0.267 e. The van der Waals surface area contributed by atoms with E-state index in [9.17, 15) is 4.79 Å². The first-order chi connectivity index (χ1) is 7.83. The molecule has 0 atom stereocenters. The van der Waals surface area contributed by atoms with Crippen LogP contribution in [0.4, 0.5) is 0 Å². The highest BCUT2D eigenvalue weighted by molar-refractivity contribution is 7.98. The molecule has 3 nitrogen and oxygen atoms in total. The number of nitrogens with zero attached hydrogens (tertiary/aromatic N) is 2. The summed E-state index contributed by atoms with van der Waals surface area (Å²) in [5.74, 6) is 1.06. The monoisotopic (exact) mass is 234 g/mol. The SMILES string of the molecule is CSCCCn1ncc2ccccc2c1=O.